The number of nitrogens with one attached hydrogen (secondary N) is 3. The molecule has 1 aromatic carbocycles. The molecule has 0 saturated carbocycles. The predicted molar refractivity (Wildman–Crippen MR) is 115 cm³/mol. The van der Waals surface area contributed by atoms with Gasteiger partial charge in [0.1, 0.15) is 17.6 Å². The van der Waals surface area contributed by atoms with Gasteiger partial charge in [-0.2, -0.15) is 5.26 Å². The van der Waals surface area contributed by atoms with Gasteiger partial charge in [0.2, 0.25) is 0 Å². The van der Waals surface area contributed by atoms with Gasteiger partial charge in [-0.15, -0.1) is 0 Å². The van der Waals surface area contributed by atoms with Gasteiger partial charge < -0.3 is 16.0 Å². The molecule has 0 unspecified atom stereocenters. The minimum atomic E-state index is 0.118. The number of rotatable bonds is 6. The van der Waals surface area contributed by atoms with Crippen LogP contribution in [-0.2, 0) is 0 Å². The van der Waals surface area contributed by atoms with Gasteiger partial charge in [0.15, 0.2) is 0 Å². The van der Waals surface area contributed by atoms with Crippen molar-refractivity contribution in [2.75, 3.05) is 23.7 Å². The highest BCUT2D eigenvalue weighted by Crippen LogP contribution is 2.28. The van der Waals surface area contributed by atoms with Crippen LogP contribution in [0.3, 0.4) is 0 Å². The first-order valence-electron chi connectivity index (χ1n) is 9.84. The number of hydrogen-bond donors (Lipinski definition) is 3. The Morgan fingerprint density at radius 3 is 2.72 bits per heavy atom. The maximum Gasteiger partial charge on any atom is 0.149 e. The van der Waals surface area contributed by atoms with Gasteiger partial charge in [0.05, 0.1) is 17.8 Å². The molecule has 0 saturated heterocycles. The lowest BCUT2D eigenvalue weighted by Crippen LogP contribution is -2.45. The Hall–Kier alpha value is -3.43. The number of benzene rings is 1. The summed E-state index contributed by atoms with van der Waals surface area (Å²) in [5, 5.41) is 19.8. The summed E-state index contributed by atoms with van der Waals surface area (Å²) >= 11 is 0. The van der Waals surface area contributed by atoms with Crippen molar-refractivity contribution in [2.24, 2.45) is 0 Å². The van der Waals surface area contributed by atoms with Crippen molar-refractivity contribution in [3.63, 3.8) is 0 Å². The van der Waals surface area contributed by atoms with Crippen LogP contribution in [0.25, 0.3) is 0 Å². The molecule has 0 bridgehead atoms. The van der Waals surface area contributed by atoms with Gasteiger partial charge in [0, 0.05) is 25.5 Å². The van der Waals surface area contributed by atoms with E-state index >= 15 is 0 Å². The van der Waals surface area contributed by atoms with Gasteiger partial charge in [0.25, 0.3) is 0 Å². The second kappa shape index (κ2) is 8.72. The minimum absolute atomic E-state index is 0.118. The SMILES string of the molecule is C[C@@H](CN[C@H](c1ccccc1)[C@H]1CNc2cccnc2N1)c1ccc(C#N)nc1. The second-order valence-electron chi connectivity index (χ2n) is 7.32. The Bertz CT molecular complexity index is 980. The Labute approximate surface area is 171 Å². The molecule has 0 radical (unpaired) electrons. The van der Waals surface area contributed by atoms with Crippen LogP contribution in [0.4, 0.5) is 11.5 Å². The fourth-order valence-corrected chi connectivity index (χ4v) is 3.65. The fourth-order valence-electron chi connectivity index (χ4n) is 3.65. The van der Waals surface area contributed by atoms with Crippen molar-refractivity contribution < 1.29 is 0 Å². The molecule has 29 heavy (non-hydrogen) atoms. The number of pyridine rings is 2. The number of anilines is 2. The lowest BCUT2D eigenvalue weighted by molar-refractivity contribution is 0.453. The maximum atomic E-state index is 8.94. The van der Waals surface area contributed by atoms with Crippen molar-refractivity contribution in [1.29, 1.82) is 5.26 Å². The van der Waals surface area contributed by atoms with E-state index in [0.717, 1.165) is 30.2 Å². The molecule has 1 aliphatic heterocycles. The van der Waals surface area contributed by atoms with Crippen LogP contribution in [-0.4, -0.2) is 29.1 Å². The molecule has 3 atom stereocenters. The Kier molecular flexibility index (Phi) is 5.68. The van der Waals surface area contributed by atoms with E-state index in [1.54, 1.807) is 18.5 Å². The maximum absolute atomic E-state index is 8.94. The number of hydrogen-bond acceptors (Lipinski definition) is 6. The summed E-state index contributed by atoms with van der Waals surface area (Å²) in [7, 11) is 0. The molecule has 3 aromatic rings. The third-order valence-corrected chi connectivity index (χ3v) is 5.32. The van der Waals surface area contributed by atoms with E-state index in [2.05, 4.69) is 63.2 Å². The van der Waals surface area contributed by atoms with E-state index < -0.39 is 0 Å². The molecule has 0 fully saturated rings. The largest absolute Gasteiger partial charge is 0.380 e. The van der Waals surface area contributed by atoms with Gasteiger partial charge in [-0.25, -0.2) is 9.97 Å². The Morgan fingerprint density at radius 2 is 1.97 bits per heavy atom. The molecule has 2 aromatic heterocycles. The first kappa shape index (κ1) is 18.9. The molecular formula is C23H24N6. The van der Waals surface area contributed by atoms with E-state index in [-0.39, 0.29) is 18.0 Å². The zero-order valence-corrected chi connectivity index (χ0v) is 16.3. The topological polar surface area (TPSA) is 85.7 Å². The average Bonchev–Trinajstić information content (AvgIpc) is 2.79. The fraction of sp³-hybridized carbons (Fsp3) is 0.261. The molecule has 1 aliphatic rings. The third-order valence-electron chi connectivity index (χ3n) is 5.32. The zero-order chi connectivity index (χ0) is 20.1. The van der Waals surface area contributed by atoms with Crippen LogP contribution in [0.2, 0.25) is 0 Å². The highest BCUT2D eigenvalue weighted by molar-refractivity contribution is 5.67. The second-order valence-corrected chi connectivity index (χ2v) is 7.32. The highest BCUT2D eigenvalue weighted by Gasteiger charge is 2.27. The summed E-state index contributed by atoms with van der Waals surface area (Å²) in [6, 6.07) is 20.6. The third kappa shape index (κ3) is 4.36. The van der Waals surface area contributed by atoms with E-state index in [1.807, 2.05) is 24.3 Å². The molecule has 3 heterocycles. The Morgan fingerprint density at radius 1 is 1.10 bits per heavy atom. The van der Waals surface area contributed by atoms with Crippen molar-refractivity contribution >= 4 is 11.5 Å². The number of fused-ring (bicyclic) bond motifs is 1. The van der Waals surface area contributed by atoms with Gasteiger partial charge in [-0.3, -0.25) is 0 Å². The molecule has 3 N–H and O–H groups in total. The lowest BCUT2D eigenvalue weighted by Gasteiger charge is -2.35. The summed E-state index contributed by atoms with van der Waals surface area (Å²) < 4.78 is 0. The molecule has 0 amide bonds. The minimum Gasteiger partial charge on any atom is -0.380 e. The van der Waals surface area contributed by atoms with E-state index in [9.17, 15) is 0 Å². The smallest absolute Gasteiger partial charge is 0.149 e. The van der Waals surface area contributed by atoms with E-state index in [1.165, 1.54) is 5.56 Å². The quantitative estimate of drug-likeness (QED) is 0.601. The summed E-state index contributed by atoms with van der Waals surface area (Å²) in [5.41, 5.74) is 3.83. The molecule has 6 heteroatoms. The van der Waals surface area contributed by atoms with Gasteiger partial charge in [-0.05, 0) is 35.2 Å². The number of nitriles is 1. The molecule has 6 nitrogen and oxygen atoms in total. The molecular weight excluding hydrogens is 360 g/mol. The monoisotopic (exact) mass is 384 g/mol. The zero-order valence-electron chi connectivity index (χ0n) is 16.3. The van der Waals surface area contributed by atoms with Crippen molar-refractivity contribution in [3.05, 3.63) is 83.8 Å². The summed E-state index contributed by atoms with van der Waals surface area (Å²) in [6.07, 6.45) is 3.60. The summed E-state index contributed by atoms with van der Waals surface area (Å²) in [5.74, 6) is 1.15. The van der Waals surface area contributed by atoms with Crippen molar-refractivity contribution in [2.45, 2.75) is 24.9 Å². The average molecular weight is 384 g/mol. The molecule has 0 spiro atoms. The highest BCUT2D eigenvalue weighted by atomic mass is 15.2. The summed E-state index contributed by atoms with van der Waals surface area (Å²) in [4.78, 5) is 8.67. The Balaban J connectivity index is 1.50. The normalized spacial score (nSPS) is 17.2. The predicted octanol–water partition coefficient (Wildman–Crippen LogP) is 3.69. The first-order chi connectivity index (χ1) is 14.2. The lowest BCUT2D eigenvalue weighted by atomic mass is 9.96. The van der Waals surface area contributed by atoms with E-state index in [0.29, 0.717) is 5.69 Å². The molecule has 0 aliphatic carbocycles. The molecule has 146 valence electrons. The van der Waals surface area contributed by atoms with Crippen molar-refractivity contribution in [1.82, 2.24) is 15.3 Å². The van der Waals surface area contributed by atoms with Crippen molar-refractivity contribution in [3.8, 4) is 6.07 Å². The van der Waals surface area contributed by atoms with Gasteiger partial charge in [-0.1, -0.05) is 43.3 Å². The van der Waals surface area contributed by atoms with Crippen LogP contribution in [0.1, 0.15) is 35.7 Å². The van der Waals surface area contributed by atoms with Crippen LogP contribution in [0, 0.1) is 11.3 Å². The van der Waals surface area contributed by atoms with Gasteiger partial charge >= 0.3 is 0 Å². The molecule has 4 rings (SSSR count). The number of nitrogens with zero attached hydrogens (tertiary/aromatic N) is 3. The number of aromatic nitrogens is 2. The first-order valence-corrected chi connectivity index (χ1v) is 9.84. The van der Waals surface area contributed by atoms with Crippen LogP contribution in [0.15, 0.2) is 67.0 Å². The van der Waals surface area contributed by atoms with E-state index in [4.69, 9.17) is 5.26 Å². The van der Waals surface area contributed by atoms with Crippen LogP contribution in [0.5, 0.6) is 0 Å². The summed E-state index contributed by atoms with van der Waals surface area (Å²) in [6.45, 7) is 3.76. The van der Waals surface area contributed by atoms with Crippen LogP contribution >= 0.6 is 0 Å². The standard InChI is InChI=1S/C23H24N6/c1-16(18-9-10-19(12-24)26-14-18)13-28-22(17-6-3-2-4-7-17)21-15-27-20-8-5-11-25-23(20)29-21/h2-11,14,16,21-22,27-28H,13,15H2,1H3,(H,25,29)/t16-,21+,22+/m0/s1. The van der Waals surface area contributed by atoms with Crippen LogP contribution < -0.4 is 16.0 Å².